The molecule has 1 aliphatic rings. The van der Waals surface area contributed by atoms with Gasteiger partial charge >= 0.3 is 5.97 Å². The minimum absolute atomic E-state index is 0.168. The number of esters is 1. The van der Waals surface area contributed by atoms with Gasteiger partial charge in [-0.15, -0.1) is 0 Å². The van der Waals surface area contributed by atoms with Crippen LogP contribution in [0.25, 0.3) is 6.08 Å². The summed E-state index contributed by atoms with van der Waals surface area (Å²) in [5.41, 5.74) is 0.861. The summed E-state index contributed by atoms with van der Waals surface area (Å²) < 4.78 is 19.4. The minimum Gasteiger partial charge on any atom is -0.496 e. The highest BCUT2D eigenvalue weighted by molar-refractivity contribution is 9.10. The number of nitrogens with zero attached hydrogens (tertiary/aromatic N) is 4. The molecule has 0 aliphatic carbocycles. The maximum absolute atomic E-state index is 13.9. The van der Waals surface area contributed by atoms with E-state index in [1.54, 1.807) is 62.6 Å². The average molecular weight is 648 g/mol. The van der Waals surface area contributed by atoms with Crippen LogP contribution in [0.15, 0.2) is 82.9 Å². The molecule has 200 valence electrons. The highest BCUT2D eigenvalue weighted by Crippen LogP contribution is 2.37. The third kappa shape index (κ3) is 5.46. The zero-order valence-electron chi connectivity index (χ0n) is 20.8. The number of allylic oxidation sites excluding steroid dienone is 1. The molecule has 0 N–H and O–H groups in total. The Morgan fingerprint density at radius 3 is 2.79 bits per heavy atom. The van der Waals surface area contributed by atoms with Crippen molar-refractivity contribution in [3.8, 4) is 5.75 Å². The largest absolute Gasteiger partial charge is 0.496 e. The van der Waals surface area contributed by atoms with Gasteiger partial charge in [-0.3, -0.25) is 9.36 Å². The van der Waals surface area contributed by atoms with Crippen molar-refractivity contribution in [2.45, 2.75) is 30.1 Å². The Labute approximate surface area is 244 Å². The minimum atomic E-state index is -0.860. The number of aromatic nitrogens is 3. The number of benzene rings is 1. The quantitative estimate of drug-likeness (QED) is 0.209. The molecule has 0 amide bonds. The van der Waals surface area contributed by atoms with Crippen LogP contribution in [-0.2, 0) is 9.53 Å². The molecule has 5 rings (SSSR count). The smallest absolute Gasteiger partial charge is 0.338 e. The van der Waals surface area contributed by atoms with Crippen molar-refractivity contribution in [3.63, 3.8) is 0 Å². The first kappa shape index (κ1) is 27.4. The summed E-state index contributed by atoms with van der Waals surface area (Å²) in [7, 11) is 1.52. The van der Waals surface area contributed by atoms with Crippen LogP contribution in [0.2, 0.25) is 5.02 Å². The van der Waals surface area contributed by atoms with Crippen molar-refractivity contribution in [1.29, 1.82) is 0 Å². The Hall–Kier alpha value is -3.19. The van der Waals surface area contributed by atoms with E-state index in [0.717, 1.165) is 0 Å². The molecule has 3 aromatic heterocycles. The van der Waals surface area contributed by atoms with Crippen molar-refractivity contribution >= 4 is 62.7 Å². The lowest BCUT2D eigenvalue weighted by atomic mass is 9.95. The van der Waals surface area contributed by atoms with Crippen LogP contribution in [0.4, 0.5) is 0 Å². The first-order valence-electron chi connectivity index (χ1n) is 11.6. The second-order valence-corrected chi connectivity index (χ2v) is 11.3. The van der Waals surface area contributed by atoms with Gasteiger partial charge in [0.15, 0.2) is 15.1 Å². The predicted octanol–water partition coefficient (Wildman–Crippen LogP) is 4.76. The molecule has 1 aliphatic heterocycles. The van der Waals surface area contributed by atoms with Crippen LogP contribution in [0.3, 0.4) is 0 Å². The van der Waals surface area contributed by atoms with Crippen LogP contribution < -0.4 is 19.6 Å². The van der Waals surface area contributed by atoms with E-state index < -0.39 is 12.0 Å². The van der Waals surface area contributed by atoms with Gasteiger partial charge in [-0.05, 0) is 71.9 Å². The molecule has 0 fully saturated rings. The van der Waals surface area contributed by atoms with Crippen molar-refractivity contribution in [1.82, 2.24) is 14.5 Å². The zero-order chi connectivity index (χ0) is 27.7. The van der Waals surface area contributed by atoms with Gasteiger partial charge in [0, 0.05) is 29.1 Å². The predicted molar refractivity (Wildman–Crippen MR) is 151 cm³/mol. The molecule has 0 spiro atoms. The van der Waals surface area contributed by atoms with Gasteiger partial charge in [-0.1, -0.05) is 22.9 Å². The average Bonchev–Trinajstić information content (AvgIpc) is 3.41. The molecule has 9 nitrogen and oxygen atoms in total. The zero-order valence-corrected chi connectivity index (χ0v) is 24.8. The van der Waals surface area contributed by atoms with Gasteiger partial charge in [0.25, 0.3) is 5.56 Å². The molecule has 0 saturated carbocycles. The van der Waals surface area contributed by atoms with Gasteiger partial charge in [-0.25, -0.2) is 19.8 Å². The number of carbonyl (C=O) groups excluding carboxylic acids is 1. The Bertz CT molecular complexity index is 1780. The van der Waals surface area contributed by atoms with Gasteiger partial charge in [0.05, 0.1) is 34.0 Å². The lowest BCUT2D eigenvalue weighted by Crippen LogP contribution is -2.40. The second-order valence-electron chi connectivity index (χ2n) is 8.11. The third-order valence-electron chi connectivity index (χ3n) is 5.68. The Kier molecular flexibility index (Phi) is 8.08. The molecule has 1 atom stereocenters. The topological polar surface area (TPSA) is 109 Å². The van der Waals surface area contributed by atoms with E-state index in [0.29, 0.717) is 51.8 Å². The van der Waals surface area contributed by atoms with Crippen molar-refractivity contribution in [2.75, 3.05) is 13.7 Å². The first-order valence-corrected chi connectivity index (χ1v) is 14.4. The number of fused-ring (bicyclic) bond motifs is 1. The maximum atomic E-state index is 13.9. The summed E-state index contributed by atoms with van der Waals surface area (Å²) >= 11 is 12.3. The normalized spacial score (nSPS) is 15.2. The van der Waals surface area contributed by atoms with E-state index >= 15 is 0 Å². The fraction of sp³-hybridized carbons (Fsp3) is 0.192. The molecule has 4 heterocycles. The molecule has 0 unspecified atom stereocenters. The van der Waals surface area contributed by atoms with Crippen molar-refractivity contribution in [3.05, 3.63) is 94.5 Å². The van der Waals surface area contributed by atoms with Crippen LogP contribution in [0, 0.1) is 0 Å². The van der Waals surface area contributed by atoms with Gasteiger partial charge in [0.1, 0.15) is 17.6 Å². The summed E-state index contributed by atoms with van der Waals surface area (Å²) in [5.74, 6) is 0.346. The number of carbonyl (C=O) groups is 1. The van der Waals surface area contributed by atoms with Crippen molar-refractivity contribution in [2.24, 2.45) is 4.99 Å². The fourth-order valence-corrected chi connectivity index (χ4v) is 6.51. The van der Waals surface area contributed by atoms with E-state index in [2.05, 4.69) is 30.9 Å². The molecular weight excluding hydrogens is 628 g/mol. The lowest BCUT2D eigenvalue weighted by Gasteiger charge is -2.26. The van der Waals surface area contributed by atoms with E-state index in [-0.39, 0.29) is 17.7 Å². The second kappa shape index (κ2) is 11.5. The lowest BCUT2D eigenvalue weighted by molar-refractivity contribution is -0.139. The summed E-state index contributed by atoms with van der Waals surface area (Å²) in [6.45, 7) is 3.60. The summed E-state index contributed by atoms with van der Waals surface area (Å²) in [4.78, 5) is 40.4. The summed E-state index contributed by atoms with van der Waals surface area (Å²) in [6, 6.07) is 7.68. The number of rotatable bonds is 7. The van der Waals surface area contributed by atoms with E-state index in [1.165, 1.54) is 34.8 Å². The first-order chi connectivity index (χ1) is 18.8. The molecule has 0 saturated heterocycles. The van der Waals surface area contributed by atoms with E-state index in [4.69, 9.17) is 25.5 Å². The van der Waals surface area contributed by atoms with Crippen LogP contribution in [0.5, 0.6) is 5.75 Å². The highest BCUT2D eigenvalue weighted by atomic mass is 79.9. The molecule has 0 bridgehead atoms. The van der Waals surface area contributed by atoms with Gasteiger partial charge < -0.3 is 13.9 Å². The monoisotopic (exact) mass is 646 g/mol. The Morgan fingerprint density at radius 2 is 2.08 bits per heavy atom. The van der Waals surface area contributed by atoms with E-state index in [1.807, 2.05) is 0 Å². The fourth-order valence-electron chi connectivity index (χ4n) is 4.06. The van der Waals surface area contributed by atoms with Crippen molar-refractivity contribution < 1.29 is 18.7 Å². The molecule has 4 aromatic rings. The molecule has 1 aromatic carbocycles. The summed E-state index contributed by atoms with van der Waals surface area (Å²) in [5, 5.41) is 1.50. The number of thiazole rings is 1. The summed E-state index contributed by atoms with van der Waals surface area (Å²) in [6.07, 6.45) is 4.93. The SMILES string of the molecule is CCOC(=O)C1=C(C)N=c2s/c(=C\c3cc(Br)c(Sc4ncccn4)o3)c(=O)n2[C@H]1c1cc(Cl)ccc1OC. The van der Waals surface area contributed by atoms with Crippen LogP contribution in [-0.4, -0.2) is 34.2 Å². The van der Waals surface area contributed by atoms with Crippen LogP contribution in [0.1, 0.15) is 31.2 Å². The molecule has 39 heavy (non-hydrogen) atoms. The van der Waals surface area contributed by atoms with Gasteiger partial charge in [-0.2, -0.15) is 0 Å². The molecule has 0 radical (unpaired) electrons. The number of furan rings is 1. The van der Waals surface area contributed by atoms with Crippen LogP contribution >= 0.6 is 50.6 Å². The molecular formula is C26H20BrClN4O5S2. The number of methoxy groups -OCH3 is 1. The number of hydrogen-bond acceptors (Lipinski definition) is 10. The number of halogens is 2. The maximum Gasteiger partial charge on any atom is 0.338 e. The Balaban J connectivity index is 1.66. The van der Waals surface area contributed by atoms with E-state index in [9.17, 15) is 9.59 Å². The molecule has 13 heteroatoms. The highest BCUT2D eigenvalue weighted by Gasteiger charge is 2.35. The third-order valence-corrected chi connectivity index (χ3v) is 8.63. The number of hydrogen-bond donors (Lipinski definition) is 0. The van der Waals surface area contributed by atoms with Gasteiger partial charge in [0.2, 0.25) is 0 Å². The standard InChI is InChI=1S/C26H20BrClN4O5S2/c1-4-36-23(34)20-13(2)31-26-32(21(20)16-10-14(28)6-7-18(16)35-3)22(33)19(38-26)12-15-11-17(27)24(37-15)39-25-29-8-5-9-30-25/h5-12,21H,4H2,1-3H3/b19-12-/t21-/m0/s1. The Morgan fingerprint density at radius 1 is 1.31 bits per heavy atom. The number of ether oxygens (including phenoxy) is 2.